The smallest absolute Gasteiger partial charge is 0.256 e. The van der Waals surface area contributed by atoms with E-state index in [9.17, 15) is 4.79 Å². The van der Waals surface area contributed by atoms with E-state index >= 15 is 0 Å². The monoisotopic (exact) mass is 271 g/mol. The van der Waals surface area contributed by atoms with Crippen LogP contribution in [0.1, 0.15) is 5.56 Å². The Morgan fingerprint density at radius 2 is 2.00 bits per heavy atom. The minimum Gasteiger partial charge on any atom is -0.312 e. The van der Waals surface area contributed by atoms with Crippen molar-refractivity contribution in [2.45, 2.75) is 6.92 Å². The molecule has 0 fully saturated rings. The van der Waals surface area contributed by atoms with E-state index in [-0.39, 0.29) is 5.56 Å². The number of aromatic amines is 1. The molecule has 72 valence electrons. The molecule has 2 nitrogen and oxygen atoms in total. The third-order valence-electron chi connectivity index (χ3n) is 2.02. The number of aryl methyl sites for hydroxylation is 1. The largest absolute Gasteiger partial charge is 0.312 e. The summed E-state index contributed by atoms with van der Waals surface area (Å²) < 4.78 is 0.889. The van der Waals surface area contributed by atoms with Gasteiger partial charge < -0.3 is 4.98 Å². The van der Waals surface area contributed by atoms with Gasteiger partial charge in [-0.25, -0.2) is 0 Å². The van der Waals surface area contributed by atoms with Crippen LogP contribution in [0.4, 0.5) is 0 Å². The molecule has 0 aliphatic rings. The van der Waals surface area contributed by atoms with E-state index < -0.39 is 0 Å². The van der Waals surface area contributed by atoms with Crippen molar-refractivity contribution >= 4 is 38.3 Å². The van der Waals surface area contributed by atoms with Crippen LogP contribution in [0.15, 0.2) is 27.5 Å². The number of nitrogens with one attached hydrogen (secondary N) is 1. The van der Waals surface area contributed by atoms with Crippen molar-refractivity contribution in [3.05, 3.63) is 43.7 Å². The molecule has 0 atom stereocenters. The molecule has 0 aliphatic carbocycles. The normalized spacial score (nSPS) is 10.8. The van der Waals surface area contributed by atoms with E-state index in [0.29, 0.717) is 10.5 Å². The zero-order chi connectivity index (χ0) is 10.3. The van der Waals surface area contributed by atoms with Crippen LogP contribution in [0.25, 0.3) is 10.8 Å². The number of benzene rings is 1. The number of H-pyrrole nitrogens is 1. The van der Waals surface area contributed by atoms with Crippen molar-refractivity contribution in [2.75, 3.05) is 0 Å². The molecule has 2 rings (SSSR count). The molecule has 1 aromatic carbocycles. The highest BCUT2D eigenvalue weighted by Gasteiger charge is 2.04. The SMILES string of the molecule is Cc1cc(Br)c2cc(Cl)[nH]c(=O)c2c1. The molecule has 0 amide bonds. The van der Waals surface area contributed by atoms with Gasteiger partial charge in [-0.15, -0.1) is 0 Å². The van der Waals surface area contributed by atoms with Crippen molar-refractivity contribution < 1.29 is 0 Å². The molecule has 1 aromatic heterocycles. The first kappa shape index (κ1) is 9.74. The number of hydrogen-bond donors (Lipinski definition) is 1. The van der Waals surface area contributed by atoms with E-state index in [1.54, 1.807) is 6.07 Å². The quantitative estimate of drug-likeness (QED) is 0.734. The van der Waals surface area contributed by atoms with E-state index in [0.717, 1.165) is 15.4 Å². The summed E-state index contributed by atoms with van der Waals surface area (Å²) in [5.41, 5.74) is 0.883. The fourth-order valence-corrected chi connectivity index (χ4v) is 2.31. The van der Waals surface area contributed by atoms with Crippen molar-refractivity contribution in [1.82, 2.24) is 4.98 Å². The summed E-state index contributed by atoms with van der Waals surface area (Å²) in [4.78, 5) is 14.1. The van der Waals surface area contributed by atoms with Crippen LogP contribution < -0.4 is 5.56 Å². The highest BCUT2D eigenvalue weighted by molar-refractivity contribution is 9.10. The van der Waals surface area contributed by atoms with Crippen LogP contribution in [-0.2, 0) is 0 Å². The fourth-order valence-electron chi connectivity index (χ4n) is 1.43. The van der Waals surface area contributed by atoms with Gasteiger partial charge in [-0.2, -0.15) is 0 Å². The molecule has 1 N–H and O–H groups in total. The molecule has 0 spiro atoms. The number of aromatic nitrogens is 1. The minimum atomic E-state index is -0.156. The van der Waals surface area contributed by atoms with Gasteiger partial charge in [-0.1, -0.05) is 27.5 Å². The number of halogens is 2. The number of hydrogen-bond acceptors (Lipinski definition) is 1. The summed E-state index contributed by atoms with van der Waals surface area (Å²) in [6, 6.07) is 5.54. The Balaban J connectivity index is 3.02. The van der Waals surface area contributed by atoms with Crippen molar-refractivity contribution in [2.24, 2.45) is 0 Å². The van der Waals surface area contributed by atoms with E-state index in [1.807, 2.05) is 19.1 Å². The lowest BCUT2D eigenvalue weighted by molar-refractivity contribution is 1.27. The van der Waals surface area contributed by atoms with Gasteiger partial charge in [0.05, 0.1) is 0 Å². The molecule has 2 aromatic rings. The third-order valence-corrected chi connectivity index (χ3v) is 2.88. The molecule has 0 saturated carbocycles. The second-order valence-corrected chi connectivity index (χ2v) is 4.42. The summed E-state index contributed by atoms with van der Waals surface area (Å²) in [6.07, 6.45) is 0. The molecular weight excluding hydrogens is 265 g/mol. The maximum Gasteiger partial charge on any atom is 0.256 e. The first-order chi connectivity index (χ1) is 6.58. The van der Waals surface area contributed by atoms with Crippen LogP contribution in [0.5, 0.6) is 0 Å². The first-order valence-electron chi connectivity index (χ1n) is 4.06. The van der Waals surface area contributed by atoms with Crippen LogP contribution in [0.3, 0.4) is 0 Å². The fraction of sp³-hybridized carbons (Fsp3) is 0.100. The van der Waals surface area contributed by atoms with Gasteiger partial charge in [-0.05, 0) is 30.7 Å². The number of rotatable bonds is 0. The maximum atomic E-state index is 11.5. The zero-order valence-electron chi connectivity index (χ0n) is 7.40. The highest BCUT2D eigenvalue weighted by atomic mass is 79.9. The van der Waals surface area contributed by atoms with Crippen LogP contribution in [-0.4, -0.2) is 4.98 Å². The lowest BCUT2D eigenvalue weighted by Crippen LogP contribution is -2.06. The Morgan fingerprint density at radius 1 is 1.29 bits per heavy atom. The van der Waals surface area contributed by atoms with Gasteiger partial charge in [0, 0.05) is 15.2 Å². The third kappa shape index (κ3) is 1.57. The molecule has 0 aliphatic heterocycles. The lowest BCUT2D eigenvalue weighted by Gasteiger charge is -2.02. The molecule has 4 heteroatoms. The summed E-state index contributed by atoms with van der Waals surface area (Å²) in [7, 11) is 0. The van der Waals surface area contributed by atoms with Crippen molar-refractivity contribution in [1.29, 1.82) is 0 Å². The topological polar surface area (TPSA) is 32.9 Å². The summed E-state index contributed by atoms with van der Waals surface area (Å²) >= 11 is 9.16. The van der Waals surface area contributed by atoms with Gasteiger partial charge in [0.1, 0.15) is 5.15 Å². The summed E-state index contributed by atoms with van der Waals surface area (Å²) in [5.74, 6) is 0. The number of pyridine rings is 1. The lowest BCUT2D eigenvalue weighted by atomic mass is 10.1. The van der Waals surface area contributed by atoms with Crippen molar-refractivity contribution in [3.8, 4) is 0 Å². The van der Waals surface area contributed by atoms with Gasteiger partial charge in [0.2, 0.25) is 0 Å². The Labute approximate surface area is 94.0 Å². The average Bonchev–Trinajstić information content (AvgIpc) is 2.07. The van der Waals surface area contributed by atoms with E-state index in [2.05, 4.69) is 20.9 Å². The van der Waals surface area contributed by atoms with Gasteiger partial charge in [0.25, 0.3) is 5.56 Å². The van der Waals surface area contributed by atoms with Crippen LogP contribution >= 0.6 is 27.5 Å². The van der Waals surface area contributed by atoms with E-state index in [1.165, 1.54) is 0 Å². The molecule has 0 unspecified atom stereocenters. The summed E-state index contributed by atoms with van der Waals surface area (Å²) in [6.45, 7) is 1.94. The zero-order valence-corrected chi connectivity index (χ0v) is 9.74. The van der Waals surface area contributed by atoms with Gasteiger partial charge in [0.15, 0.2) is 0 Å². The van der Waals surface area contributed by atoms with Gasteiger partial charge >= 0.3 is 0 Å². The molecule has 1 heterocycles. The molecule has 0 bridgehead atoms. The predicted molar refractivity (Wildman–Crippen MR) is 62.0 cm³/mol. The molecule has 0 radical (unpaired) electrons. The van der Waals surface area contributed by atoms with Gasteiger partial charge in [-0.3, -0.25) is 4.79 Å². The first-order valence-corrected chi connectivity index (χ1v) is 5.24. The average molecular weight is 273 g/mol. The Hall–Kier alpha value is -0.800. The Bertz CT molecular complexity index is 562. The Morgan fingerprint density at radius 3 is 2.71 bits per heavy atom. The van der Waals surface area contributed by atoms with Crippen LogP contribution in [0.2, 0.25) is 5.15 Å². The van der Waals surface area contributed by atoms with E-state index in [4.69, 9.17) is 11.6 Å². The maximum absolute atomic E-state index is 11.5. The molecular formula is C10H7BrClNO. The number of fused-ring (bicyclic) bond motifs is 1. The van der Waals surface area contributed by atoms with Crippen molar-refractivity contribution in [3.63, 3.8) is 0 Å². The predicted octanol–water partition coefficient (Wildman–Crippen LogP) is 3.25. The summed E-state index contributed by atoms with van der Waals surface area (Å²) in [5, 5.41) is 1.85. The second-order valence-electron chi connectivity index (χ2n) is 3.15. The molecule has 14 heavy (non-hydrogen) atoms. The standard InChI is InChI=1S/C10H7BrClNO/c1-5-2-7-6(8(11)3-5)4-9(12)13-10(7)14/h2-4H,1H3,(H,13,14). The van der Waals surface area contributed by atoms with Crippen LogP contribution in [0, 0.1) is 6.92 Å². The highest BCUT2D eigenvalue weighted by Crippen LogP contribution is 2.24. The minimum absolute atomic E-state index is 0.156. The second kappa shape index (κ2) is 3.41. The Kier molecular flexibility index (Phi) is 2.37. The molecule has 0 saturated heterocycles.